The molecule has 0 fully saturated rings. The molecule has 0 amide bonds. The Kier molecular flexibility index (Phi) is 2.36. The summed E-state index contributed by atoms with van der Waals surface area (Å²) in [4.78, 5) is 11.5. The smallest absolute Gasteiger partial charge is 0.342 e. The molecule has 0 bridgehead atoms. The van der Waals surface area contributed by atoms with Gasteiger partial charge in [-0.25, -0.2) is 4.79 Å². The number of benzene rings is 1. The molecule has 0 radical (unpaired) electrons. The topological polar surface area (TPSA) is 55.8 Å². The van der Waals surface area contributed by atoms with E-state index in [0.717, 1.165) is 0 Å². The Hall–Kier alpha value is -1.55. The van der Waals surface area contributed by atoms with Gasteiger partial charge in [-0.2, -0.15) is 0 Å². The van der Waals surface area contributed by atoms with Gasteiger partial charge >= 0.3 is 5.97 Å². The number of rotatable bonds is 1. The zero-order chi connectivity index (χ0) is 10.9. The molecule has 1 N–H and O–H groups in total. The molecule has 1 heterocycles. The number of esters is 1. The van der Waals surface area contributed by atoms with Crippen molar-refractivity contribution in [2.24, 2.45) is 0 Å². The van der Waals surface area contributed by atoms with Gasteiger partial charge in [-0.15, -0.1) is 0 Å². The molecule has 0 spiro atoms. The van der Waals surface area contributed by atoms with Crippen molar-refractivity contribution in [1.29, 1.82) is 0 Å². The molecule has 4 heteroatoms. The van der Waals surface area contributed by atoms with E-state index in [1.165, 1.54) is 7.11 Å². The van der Waals surface area contributed by atoms with Crippen LogP contribution in [0.5, 0.6) is 5.75 Å². The second-order valence-corrected chi connectivity index (χ2v) is 3.45. The van der Waals surface area contributed by atoms with Crippen LogP contribution in [-0.4, -0.2) is 24.8 Å². The van der Waals surface area contributed by atoms with Crippen molar-refractivity contribution in [1.82, 2.24) is 0 Å². The first kappa shape index (κ1) is 9.98. The summed E-state index contributed by atoms with van der Waals surface area (Å²) in [5, 5.41) is 10.2. The van der Waals surface area contributed by atoms with E-state index >= 15 is 0 Å². The van der Waals surface area contributed by atoms with Crippen molar-refractivity contribution < 1.29 is 19.4 Å². The molecule has 0 saturated carbocycles. The summed E-state index contributed by atoms with van der Waals surface area (Å²) in [6.45, 7) is 0.308. The lowest BCUT2D eigenvalue weighted by atomic mass is 9.88. The Morgan fingerprint density at radius 3 is 3.00 bits per heavy atom. The fourth-order valence-electron chi connectivity index (χ4n) is 1.76. The average molecular weight is 208 g/mol. The molecule has 80 valence electrons. The SMILES string of the molecule is COC(=O)C1(O)CCOc2ccccc21. The first-order valence-electron chi connectivity index (χ1n) is 4.71. The first-order valence-corrected chi connectivity index (χ1v) is 4.71. The van der Waals surface area contributed by atoms with E-state index in [2.05, 4.69) is 4.74 Å². The number of aliphatic hydroxyl groups is 1. The van der Waals surface area contributed by atoms with Crippen molar-refractivity contribution in [3.63, 3.8) is 0 Å². The maximum atomic E-state index is 11.5. The first-order chi connectivity index (χ1) is 7.18. The van der Waals surface area contributed by atoms with E-state index in [9.17, 15) is 9.90 Å². The van der Waals surface area contributed by atoms with E-state index in [1.54, 1.807) is 24.3 Å². The minimum Gasteiger partial charge on any atom is -0.493 e. The van der Waals surface area contributed by atoms with Crippen molar-refractivity contribution in [3.05, 3.63) is 29.8 Å². The molecular formula is C11H12O4. The number of ether oxygens (including phenoxy) is 2. The zero-order valence-electron chi connectivity index (χ0n) is 8.40. The molecule has 0 aromatic heterocycles. The largest absolute Gasteiger partial charge is 0.493 e. The summed E-state index contributed by atoms with van der Waals surface area (Å²) in [6.07, 6.45) is 0.219. The molecule has 4 nitrogen and oxygen atoms in total. The standard InChI is InChI=1S/C11H12O4/c1-14-10(12)11(13)6-7-15-9-5-3-2-4-8(9)11/h2-5,13H,6-7H2,1H3. The lowest BCUT2D eigenvalue weighted by Crippen LogP contribution is -2.41. The third-order valence-electron chi connectivity index (χ3n) is 2.58. The van der Waals surface area contributed by atoms with Gasteiger partial charge in [-0.1, -0.05) is 18.2 Å². The van der Waals surface area contributed by atoms with Crippen molar-refractivity contribution in [2.45, 2.75) is 12.0 Å². The predicted octanol–water partition coefficient (Wildman–Crippen LogP) is 0.830. The fourth-order valence-corrected chi connectivity index (χ4v) is 1.76. The summed E-state index contributed by atoms with van der Waals surface area (Å²) in [6, 6.07) is 6.94. The van der Waals surface area contributed by atoms with Crippen molar-refractivity contribution in [2.75, 3.05) is 13.7 Å². The lowest BCUT2D eigenvalue weighted by molar-refractivity contribution is -0.166. The van der Waals surface area contributed by atoms with E-state index in [4.69, 9.17) is 4.74 Å². The van der Waals surface area contributed by atoms with Crippen LogP contribution in [-0.2, 0) is 15.1 Å². The van der Waals surface area contributed by atoms with Gasteiger partial charge in [0.25, 0.3) is 0 Å². The Labute approximate surface area is 87.4 Å². The maximum absolute atomic E-state index is 11.5. The van der Waals surface area contributed by atoms with Crippen LogP contribution in [0.3, 0.4) is 0 Å². The van der Waals surface area contributed by atoms with Gasteiger partial charge in [0.15, 0.2) is 5.60 Å². The second-order valence-electron chi connectivity index (χ2n) is 3.45. The molecule has 0 saturated heterocycles. The highest BCUT2D eigenvalue weighted by Gasteiger charge is 2.43. The predicted molar refractivity (Wildman–Crippen MR) is 52.5 cm³/mol. The number of hydrogen-bond acceptors (Lipinski definition) is 4. The maximum Gasteiger partial charge on any atom is 0.342 e. The Morgan fingerprint density at radius 2 is 2.27 bits per heavy atom. The molecule has 1 aromatic rings. The van der Waals surface area contributed by atoms with Gasteiger partial charge in [-0.3, -0.25) is 0 Å². The summed E-state index contributed by atoms with van der Waals surface area (Å²) in [5.41, 5.74) is -1.09. The highest BCUT2D eigenvalue weighted by atomic mass is 16.5. The van der Waals surface area contributed by atoms with Gasteiger partial charge in [-0.05, 0) is 6.07 Å². The number of para-hydroxylation sites is 1. The molecule has 1 atom stereocenters. The normalized spacial score (nSPS) is 23.9. The van der Waals surface area contributed by atoms with Gasteiger partial charge < -0.3 is 14.6 Å². The molecule has 1 aliphatic rings. The van der Waals surface area contributed by atoms with Crippen LogP contribution in [0.2, 0.25) is 0 Å². The van der Waals surface area contributed by atoms with Crippen LogP contribution in [0.25, 0.3) is 0 Å². The molecule has 0 aliphatic carbocycles. The Morgan fingerprint density at radius 1 is 1.53 bits per heavy atom. The second kappa shape index (κ2) is 3.55. The van der Waals surface area contributed by atoms with Crippen molar-refractivity contribution >= 4 is 5.97 Å². The van der Waals surface area contributed by atoms with Crippen LogP contribution in [0, 0.1) is 0 Å². The number of carbonyl (C=O) groups is 1. The van der Waals surface area contributed by atoms with Crippen LogP contribution in [0.4, 0.5) is 0 Å². The minimum absolute atomic E-state index is 0.219. The molecular weight excluding hydrogens is 196 g/mol. The van der Waals surface area contributed by atoms with Gasteiger partial charge in [0.05, 0.1) is 13.7 Å². The number of carbonyl (C=O) groups excluding carboxylic acids is 1. The third kappa shape index (κ3) is 1.47. The molecule has 1 aromatic carbocycles. The summed E-state index contributed by atoms with van der Waals surface area (Å²) >= 11 is 0. The quantitative estimate of drug-likeness (QED) is 0.694. The molecule has 1 aliphatic heterocycles. The summed E-state index contributed by atoms with van der Waals surface area (Å²) in [5.74, 6) is -0.102. The number of hydrogen-bond donors (Lipinski definition) is 1. The van der Waals surface area contributed by atoms with E-state index < -0.39 is 11.6 Å². The highest BCUT2D eigenvalue weighted by Crippen LogP contribution is 2.37. The Bertz CT molecular complexity index is 388. The van der Waals surface area contributed by atoms with E-state index in [-0.39, 0.29) is 6.42 Å². The van der Waals surface area contributed by atoms with E-state index in [0.29, 0.717) is 17.9 Å². The molecule has 1 unspecified atom stereocenters. The van der Waals surface area contributed by atoms with Crippen LogP contribution >= 0.6 is 0 Å². The zero-order valence-corrected chi connectivity index (χ0v) is 8.40. The monoisotopic (exact) mass is 208 g/mol. The fraction of sp³-hybridized carbons (Fsp3) is 0.364. The lowest BCUT2D eigenvalue weighted by Gasteiger charge is -2.31. The van der Waals surface area contributed by atoms with Gasteiger partial charge in [0.1, 0.15) is 5.75 Å². The van der Waals surface area contributed by atoms with Gasteiger partial charge in [0.2, 0.25) is 0 Å². The number of fused-ring (bicyclic) bond motifs is 1. The highest BCUT2D eigenvalue weighted by molar-refractivity contribution is 5.82. The van der Waals surface area contributed by atoms with E-state index in [1.807, 2.05) is 0 Å². The Balaban J connectivity index is 2.49. The van der Waals surface area contributed by atoms with Crippen LogP contribution in [0.15, 0.2) is 24.3 Å². The molecule has 2 rings (SSSR count). The minimum atomic E-state index is -1.57. The van der Waals surface area contributed by atoms with Crippen LogP contribution in [0.1, 0.15) is 12.0 Å². The van der Waals surface area contributed by atoms with Crippen molar-refractivity contribution in [3.8, 4) is 5.75 Å². The summed E-state index contributed by atoms with van der Waals surface area (Å²) in [7, 11) is 1.26. The molecule has 15 heavy (non-hydrogen) atoms. The number of methoxy groups -OCH3 is 1. The summed E-state index contributed by atoms with van der Waals surface area (Å²) < 4.78 is 9.95. The average Bonchev–Trinajstić information content (AvgIpc) is 2.28. The van der Waals surface area contributed by atoms with Gasteiger partial charge in [0, 0.05) is 12.0 Å². The third-order valence-corrected chi connectivity index (χ3v) is 2.58. The van der Waals surface area contributed by atoms with Crippen LogP contribution < -0.4 is 4.74 Å².